The summed E-state index contributed by atoms with van der Waals surface area (Å²) in [5, 5.41) is 3.10. The molecule has 0 saturated heterocycles. The van der Waals surface area contributed by atoms with Crippen LogP contribution >= 0.6 is 11.6 Å². The summed E-state index contributed by atoms with van der Waals surface area (Å²) in [6, 6.07) is 12.3. The number of rotatable bonds is 5. The highest BCUT2D eigenvalue weighted by atomic mass is 35.5. The highest BCUT2D eigenvalue weighted by molar-refractivity contribution is 6.30. The van der Waals surface area contributed by atoms with Crippen molar-refractivity contribution in [3.05, 3.63) is 69.7 Å². The summed E-state index contributed by atoms with van der Waals surface area (Å²) in [6.45, 7) is 3.55. The number of carbonyl (C=O) groups excluding carboxylic acids is 3. The smallest absolute Gasteiger partial charge is 0.257 e. The van der Waals surface area contributed by atoms with Crippen molar-refractivity contribution in [3.8, 4) is 0 Å². The minimum atomic E-state index is -0.521. The van der Waals surface area contributed by atoms with Gasteiger partial charge >= 0.3 is 0 Å². The van der Waals surface area contributed by atoms with Gasteiger partial charge in [-0.15, -0.1) is 0 Å². The maximum atomic E-state index is 12.1. The van der Waals surface area contributed by atoms with Gasteiger partial charge in [0.05, 0.1) is 13.0 Å². The zero-order chi connectivity index (χ0) is 19.1. The predicted octanol–water partition coefficient (Wildman–Crippen LogP) is 2.08. The molecule has 7 heteroatoms. The number of benzene rings is 2. The zero-order valence-corrected chi connectivity index (χ0v) is 15.3. The molecule has 26 heavy (non-hydrogen) atoms. The van der Waals surface area contributed by atoms with Crippen LogP contribution in [0.3, 0.4) is 0 Å². The van der Waals surface area contributed by atoms with Gasteiger partial charge in [0.15, 0.2) is 0 Å². The first-order valence-electron chi connectivity index (χ1n) is 8.02. The van der Waals surface area contributed by atoms with Crippen LogP contribution in [0.5, 0.6) is 0 Å². The van der Waals surface area contributed by atoms with Gasteiger partial charge in [0.1, 0.15) is 0 Å². The Morgan fingerprint density at radius 3 is 2.08 bits per heavy atom. The third-order valence-corrected chi connectivity index (χ3v) is 3.76. The van der Waals surface area contributed by atoms with Crippen molar-refractivity contribution in [3.63, 3.8) is 0 Å². The van der Waals surface area contributed by atoms with E-state index < -0.39 is 5.91 Å². The molecule has 3 amide bonds. The SMILES string of the molecule is Cc1cc(C)cc(C(=O)NCC(=O)NNC(=O)Cc2ccc(Cl)cc2)c1. The first-order chi connectivity index (χ1) is 12.3. The molecular weight excluding hydrogens is 354 g/mol. The molecule has 0 heterocycles. The molecule has 0 bridgehead atoms. The van der Waals surface area contributed by atoms with Crippen LogP contribution in [0.15, 0.2) is 42.5 Å². The molecule has 2 aromatic rings. The maximum absolute atomic E-state index is 12.1. The van der Waals surface area contributed by atoms with Crippen molar-refractivity contribution < 1.29 is 14.4 Å². The molecule has 0 atom stereocenters. The van der Waals surface area contributed by atoms with Crippen molar-refractivity contribution in [1.82, 2.24) is 16.2 Å². The number of hydrogen-bond acceptors (Lipinski definition) is 3. The minimum Gasteiger partial charge on any atom is -0.343 e. The summed E-state index contributed by atoms with van der Waals surface area (Å²) < 4.78 is 0. The number of amides is 3. The molecule has 6 nitrogen and oxygen atoms in total. The van der Waals surface area contributed by atoms with Crippen LogP contribution in [0, 0.1) is 13.8 Å². The first kappa shape index (κ1) is 19.5. The van der Waals surface area contributed by atoms with E-state index >= 15 is 0 Å². The average molecular weight is 374 g/mol. The van der Waals surface area contributed by atoms with Crippen LogP contribution in [0.2, 0.25) is 5.02 Å². The third-order valence-electron chi connectivity index (χ3n) is 3.51. The van der Waals surface area contributed by atoms with Gasteiger partial charge in [-0.2, -0.15) is 0 Å². The number of aryl methyl sites for hydroxylation is 2. The van der Waals surface area contributed by atoms with E-state index in [-0.39, 0.29) is 24.8 Å². The van der Waals surface area contributed by atoms with Gasteiger partial charge in [0.25, 0.3) is 11.8 Å². The zero-order valence-electron chi connectivity index (χ0n) is 14.6. The van der Waals surface area contributed by atoms with Gasteiger partial charge in [-0.25, -0.2) is 0 Å². The average Bonchev–Trinajstić information content (AvgIpc) is 2.59. The largest absolute Gasteiger partial charge is 0.343 e. The van der Waals surface area contributed by atoms with E-state index in [1.165, 1.54) is 0 Å². The van der Waals surface area contributed by atoms with E-state index in [1.807, 2.05) is 19.9 Å². The second kappa shape index (κ2) is 9.01. The summed E-state index contributed by atoms with van der Waals surface area (Å²) in [5.74, 6) is -1.24. The highest BCUT2D eigenvalue weighted by Gasteiger charge is 2.10. The lowest BCUT2D eigenvalue weighted by molar-refractivity contribution is -0.128. The van der Waals surface area contributed by atoms with Crippen LogP contribution in [0.25, 0.3) is 0 Å². The summed E-state index contributed by atoms with van der Waals surface area (Å²) in [4.78, 5) is 35.6. The third kappa shape index (κ3) is 6.22. The van der Waals surface area contributed by atoms with Crippen LogP contribution in [0.4, 0.5) is 0 Å². The molecule has 2 aromatic carbocycles. The lowest BCUT2D eigenvalue weighted by atomic mass is 10.1. The molecule has 0 saturated carbocycles. The van der Waals surface area contributed by atoms with Gasteiger partial charge < -0.3 is 5.32 Å². The van der Waals surface area contributed by atoms with E-state index in [0.29, 0.717) is 10.6 Å². The topological polar surface area (TPSA) is 87.3 Å². The summed E-state index contributed by atoms with van der Waals surface area (Å²) in [6.07, 6.45) is 0.104. The van der Waals surface area contributed by atoms with E-state index in [9.17, 15) is 14.4 Å². The molecule has 0 fully saturated rings. The van der Waals surface area contributed by atoms with Gasteiger partial charge in [-0.3, -0.25) is 25.2 Å². The van der Waals surface area contributed by atoms with Crippen LogP contribution in [0.1, 0.15) is 27.0 Å². The summed E-state index contributed by atoms with van der Waals surface area (Å²) >= 11 is 5.78. The second-order valence-electron chi connectivity index (χ2n) is 5.96. The Morgan fingerprint density at radius 2 is 1.46 bits per heavy atom. The molecular formula is C19H20ClN3O3. The Hall–Kier alpha value is -2.86. The fraction of sp³-hybridized carbons (Fsp3) is 0.211. The number of hydrazine groups is 1. The Morgan fingerprint density at radius 1 is 0.885 bits per heavy atom. The maximum Gasteiger partial charge on any atom is 0.257 e. The number of halogens is 1. The van der Waals surface area contributed by atoms with E-state index in [2.05, 4.69) is 16.2 Å². The van der Waals surface area contributed by atoms with Crippen molar-refractivity contribution in [1.29, 1.82) is 0 Å². The molecule has 136 valence electrons. The molecule has 0 spiro atoms. The molecule has 2 rings (SSSR count). The van der Waals surface area contributed by atoms with E-state index in [1.54, 1.807) is 36.4 Å². The Balaban J connectivity index is 1.75. The first-order valence-corrected chi connectivity index (χ1v) is 8.40. The summed E-state index contributed by atoms with van der Waals surface area (Å²) in [5.41, 5.74) is 7.76. The fourth-order valence-electron chi connectivity index (χ4n) is 2.38. The number of nitrogens with one attached hydrogen (secondary N) is 3. The molecule has 0 aliphatic heterocycles. The Bertz CT molecular complexity index is 799. The van der Waals surface area contributed by atoms with Crippen LogP contribution in [-0.4, -0.2) is 24.3 Å². The number of carbonyl (C=O) groups is 3. The van der Waals surface area contributed by atoms with Gasteiger partial charge in [0.2, 0.25) is 5.91 Å². The van der Waals surface area contributed by atoms with Gasteiger partial charge in [-0.1, -0.05) is 40.9 Å². The minimum absolute atomic E-state index is 0.104. The van der Waals surface area contributed by atoms with Crippen molar-refractivity contribution in [2.45, 2.75) is 20.3 Å². The standard InChI is InChI=1S/C19H20ClN3O3/c1-12-7-13(2)9-15(8-12)19(26)21-11-18(25)23-22-17(24)10-14-3-5-16(20)6-4-14/h3-9H,10-11H2,1-2H3,(H,21,26)(H,22,24)(H,23,25). The van der Waals surface area contributed by atoms with Crippen LogP contribution in [-0.2, 0) is 16.0 Å². The monoisotopic (exact) mass is 373 g/mol. The Kier molecular flexibility index (Phi) is 6.74. The molecule has 0 unspecified atom stereocenters. The van der Waals surface area contributed by atoms with Crippen LogP contribution < -0.4 is 16.2 Å². The van der Waals surface area contributed by atoms with Gasteiger partial charge in [0, 0.05) is 10.6 Å². The molecule has 0 aromatic heterocycles. The van der Waals surface area contributed by atoms with E-state index in [0.717, 1.165) is 16.7 Å². The molecule has 3 N–H and O–H groups in total. The molecule has 0 aliphatic carbocycles. The van der Waals surface area contributed by atoms with Crippen molar-refractivity contribution in [2.24, 2.45) is 0 Å². The quantitative estimate of drug-likeness (QED) is 0.701. The van der Waals surface area contributed by atoms with Crippen molar-refractivity contribution >= 4 is 29.3 Å². The molecule has 0 aliphatic rings. The Labute approximate surface area is 156 Å². The normalized spacial score (nSPS) is 10.1. The predicted molar refractivity (Wildman–Crippen MR) is 99.7 cm³/mol. The second-order valence-corrected chi connectivity index (χ2v) is 6.40. The van der Waals surface area contributed by atoms with Crippen molar-refractivity contribution in [2.75, 3.05) is 6.54 Å². The highest BCUT2D eigenvalue weighted by Crippen LogP contribution is 2.10. The lowest BCUT2D eigenvalue weighted by Crippen LogP contribution is -2.46. The van der Waals surface area contributed by atoms with Gasteiger partial charge in [-0.05, 0) is 43.7 Å². The molecule has 0 radical (unpaired) electrons. The fourth-order valence-corrected chi connectivity index (χ4v) is 2.51. The lowest BCUT2D eigenvalue weighted by Gasteiger charge is -2.09. The van der Waals surface area contributed by atoms with E-state index in [4.69, 9.17) is 11.6 Å². The summed E-state index contributed by atoms with van der Waals surface area (Å²) in [7, 11) is 0. The number of hydrogen-bond donors (Lipinski definition) is 3.